The second-order valence-corrected chi connectivity index (χ2v) is 6.53. The first-order valence-electron chi connectivity index (χ1n) is 6.47. The molecule has 0 radical (unpaired) electrons. The third-order valence-corrected chi connectivity index (χ3v) is 5.03. The highest BCUT2D eigenvalue weighted by atomic mass is 79.9. The molecule has 1 aliphatic carbocycles. The molecular formula is C14H13BrClF3N2. The van der Waals surface area contributed by atoms with Crippen molar-refractivity contribution in [3.8, 4) is 6.07 Å². The summed E-state index contributed by atoms with van der Waals surface area (Å²) >= 11 is 9.18. The first kappa shape index (κ1) is 16.4. The Morgan fingerprint density at radius 1 is 1.33 bits per heavy atom. The molecule has 0 spiro atoms. The average Bonchev–Trinajstić information content (AvgIpc) is 2.42. The summed E-state index contributed by atoms with van der Waals surface area (Å²) in [6, 6.07) is 7.24. The van der Waals surface area contributed by atoms with Gasteiger partial charge in [0.15, 0.2) is 0 Å². The summed E-state index contributed by atoms with van der Waals surface area (Å²) < 4.78 is 38.8. The molecule has 2 nitrogen and oxygen atoms in total. The predicted octanol–water partition coefficient (Wildman–Crippen LogP) is 5.53. The fourth-order valence-corrected chi connectivity index (χ4v) is 3.05. The predicted molar refractivity (Wildman–Crippen MR) is 79.1 cm³/mol. The molecule has 1 aromatic rings. The normalized spacial score (nSPS) is 26.2. The van der Waals surface area contributed by atoms with Crippen molar-refractivity contribution in [3.05, 3.63) is 27.7 Å². The molecule has 1 N–H and O–H groups in total. The summed E-state index contributed by atoms with van der Waals surface area (Å²) in [5.41, 5.74) is -0.284. The van der Waals surface area contributed by atoms with E-state index < -0.39 is 17.6 Å². The average molecular weight is 382 g/mol. The topological polar surface area (TPSA) is 35.8 Å². The fraction of sp³-hybridized carbons (Fsp3) is 0.500. The van der Waals surface area contributed by atoms with Gasteiger partial charge >= 0.3 is 6.18 Å². The van der Waals surface area contributed by atoms with Gasteiger partial charge in [-0.2, -0.15) is 18.4 Å². The van der Waals surface area contributed by atoms with E-state index in [-0.39, 0.29) is 25.7 Å². The zero-order valence-corrected chi connectivity index (χ0v) is 13.3. The van der Waals surface area contributed by atoms with E-state index in [1.807, 2.05) is 0 Å². The molecule has 114 valence electrons. The van der Waals surface area contributed by atoms with Crippen LogP contribution < -0.4 is 5.32 Å². The van der Waals surface area contributed by atoms with Crippen molar-refractivity contribution in [1.29, 1.82) is 5.26 Å². The lowest BCUT2D eigenvalue weighted by atomic mass is 9.77. The summed E-state index contributed by atoms with van der Waals surface area (Å²) in [5.74, 6) is -1.31. The Labute approximate surface area is 134 Å². The summed E-state index contributed by atoms with van der Waals surface area (Å²) in [5, 5.41) is 13.0. The van der Waals surface area contributed by atoms with Crippen molar-refractivity contribution in [2.45, 2.75) is 37.4 Å². The van der Waals surface area contributed by atoms with E-state index in [1.54, 1.807) is 18.2 Å². The number of nitrogens with one attached hydrogen (secondary N) is 1. The molecule has 0 bridgehead atoms. The Morgan fingerprint density at radius 3 is 2.43 bits per heavy atom. The summed E-state index contributed by atoms with van der Waals surface area (Å²) in [7, 11) is 0. The van der Waals surface area contributed by atoms with Gasteiger partial charge in [-0.15, -0.1) is 0 Å². The molecule has 1 aromatic carbocycles. The first-order valence-corrected chi connectivity index (χ1v) is 7.64. The van der Waals surface area contributed by atoms with Gasteiger partial charge in [-0.25, -0.2) is 0 Å². The third-order valence-electron chi connectivity index (χ3n) is 3.82. The number of alkyl halides is 3. The van der Waals surface area contributed by atoms with Crippen molar-refractivity contribution >= 4 is 33.2 Å². The van der Waals surface area contributed by atoms with Gasteiger partial charge in [-0.3, -0.25) is 0 Å². The van der Waals surface area contributed by atoms with Crippen LogP contribution in [0.2, 0.25) is 5.02 Å². The van der Waals surface area contributed by atoms with E-state index in [9.17, 15) is 18.4 Å². The van der Waals surface area contributed by atoms with E-state index in [0.717, 1.165) is 0 Å². The van der Waals surface area contributed by atoms with Crippen LogP contribution >= 0.6 is 27.5 Å². The van der Waals surface area contributed by atoms with Crippen LogP contribution in [0.5, 0.6) is 0 Å². The Hall–Kier alpha value is -0.930. The number of rotatable bonds is 2. The van der Waals surface area contributed by atoms with E-state index in [2.05, 4.69) is 27.3 Å². The van der Waals surface area contributed by atoms with Gasteiger partial charge in [0.05, 0.1) is 17.0 Å². The number of anilines is 1. The minimum atomic E-state index is -4.18. The lowest BCUT2D eigenvalue weighted by molar-refractivity contribution is -0.183. The van der Waals surface area contributed by atoms with Crippen molar-refractivity contribution < 1.29 is 13.2 Å². The largest absolute Gasteiger partial charge is 0.391 e. The van der Waals surface area contributed by atoms with Crippen LogP contribution in [-0.4, -0.2) is 11.7 Å². The molecule has 0 atom stereocenters. The third kappa shape index (κ3) is 3.83. The maximum atomic E-state index is 12.7. The molecule has 1 aliphatic rings. The van der Waals surface area contributed by atoms with E-state index in [1.165, 1.54) is 0 Å². The fourth-order valence-electron chi connectivity index (χ4n) is 2.55. The standard InChI is InChI=1S/C14H13BrClF3N2/c15-11-7-10(1-2-12(11)16)21-13(8-20)5-3-9(4-6-13)14(17,18)19/h1-2,7,9,21H,3-6H2. The van der Waals surface area contributed by atoms with Crippen LogP contribution in [0.15, 0.2) is 22.7 Å². The summed E-state index contributed by atoms with van der Waals surface area (Å²) in [6.07, 6.45) is -3.88. The smallest absolute Gasteiger partial charge is 0.367 e. The molecule has 0 aliphatic heterocycles. The molecule has 0 saturated heterocycles. The molecule has 1 fully saturated rings. The molecule has 1 saturated carbocycles. The minimum absolute atomic E-state index is 0.0289. The molecule has 2 rings (SSSR count). The number of halogens is 5. The zero-order chi connectivity index (χ0) is 15.7. The lowest BCUT2D eigenvalue weighted by Crippen LogP contribution is -2.43. The van der Waals surface area contributed by atoms with Gasteiger partial charge in [0, 0.05) is 10.2 Å². The Balaban J connectivity index is 2.10. The van der Waals surface area contributed by atoms with Crippen molar-refractivity contribution in [1.82, 2.24) is 0 Å². The van der Waals surface area contributed by atoms with Crippen LogP contribution in [-0.2, 0) is 0 Å². The highest BCUT2D eigenvalue weighted by Crippen LogP contribution is 2.42. The SMILES string of the molecule is N#CC1(Nc2ccc(Cl)c(Br)c2)CCC(C(F)(F)F)CC1. The van der Waals surface area contributed by atoms with Crippen LogP contribution in [0.4, 0.5) is 18.9 Å². The van der Waals surface area contributed by atoms with E-state index >= 15 is 0 Å². The Morgan fingerprint density at radius 2 is 1.95 bits per heavy atom. The van der Waals surface area contributed by atoms with Crippen LogP contribution in [0.1, 0.15) is 25.7 Å². The Bertz CT molecular complexity index is 560. The second-order valence-electron chi connectivity index (χ2n) is 5.26. The minimum Gasteiger partial charge on any atom is -0.367 e. The van der Waals surface area contributed by atoms with Crippen molar-refractivity contribution in [2.24, 2.45) is 5.92 Å². The van der Waals surface area contributed by atoms with Gasteiger partial charge in [0.25, 0.3) is 0 Å². The molecule has 0 unspecified atom stereocenters. The maximum absolute atomic E-state index is 12.7. The highest BCUT2D eigenvalue weighted by Gasteiger charge is 2.46. The first-order chi connectivity index (χ1) is 9.76. The van der Waals surface area contributed by atoms with Crippen molar-refractivity contribution in [3.63, 3.8) is 0 Å². The van der Waals surface area contributed by atoms with Gasteiger partial charge in [0.1, 0.15) is 5.54 Å². The molecule has 21 heavy (non-hydrogen) atoms. The number of hydrogen-bond acceptors (Lipinski definition) is 2. The highest BCUT2D eigenvalue weighted by molar-refractivity contribution is 9.10. The van der Waals surface area contributed by atoms with Gasteiger partial charge < -0.3 is 5.32 Å². The van der Waals surface area contributed by atoms with E-state index in [0.29, 0.717) is 15.2 Å². The summed E-state index contributed by atoms with van der Waals surface area (Å²) in [6.45, 7) is 0. The van der Waals surface area contributed by atoms with Gasteiger partial charge in [-0.05, 0) is 59.8 Å². The Kier molecular flexibility index (Phi) is 4.74. The molecular weight excluding hydrogens is 369 g/mol. The number of hydrogen-bond donors (Lipinski definition) is 1. The zero-order valence-electron chi connectivity index (χ0n) is 11.0. The second kappa shape index (κ2) is 6.05. The number of nitrogens with zero attached hydrogens (tertiary/aromatic N) is 1. The van der Waals surface area contributed by atoms with E-state index in [4.69, 9.17) is 11.6 Å². The molecule has 0 amide bonds. The number of nitriles is 1. The number of benzene rings is 1. The summed E-state index contributed by atoms with van der Waals surface area (Å²) in [4.78, 5) is 0. The van der Waals surface area contributed by atoms with Crippen molar-refractivity contribution in [2.75, 3.05) is 5.32 Å². The molecule has 7 heteroatoms. The van der Waals surface area contributed by atoms with Gasteiger partial charge in [-0.1, -0.05) is 11.6 Å². The van der Waals surface area contributed by atoms with Crippen LogP contribution in [0, 0.1) is 17.2 Å². The lowest BCUT2D eigenvalue weighted by Gasteiger charge is -2.36. The van der Waals surface area contributed by atoms with Gasteiger partial charge in [0.2, 0.25) is 0 Å². The quantitative estimate of drug-likeness (QED) is 0.731. The monoisotopic (exact) mass is 380 g/mol. The maximum Gasteiger partial charge on any atom is 0.391 e. The molecule has 0 heterocycles. The van der Waals surface area contributed by atoms with Crippen LogP contribution in [0.3, 0.4) is 0 Å². The molecule has 0 aromatic heterocycles. The van der Waals surface area contributed by atoms with Crippen LogP contribution in [0.25, 0.3) is 0 Å².